The SMILES string of the molecule is COc1ccc(OC)c(S(=O)(=O)Nc2ccccc2CCCc2ccccc2C(=O)O)c1. The summed E-state index contributed by atoms with van der Waals surface area (Å²) in [7, 11) is -1.07. The number of aromatic carboxylic acids is 1. The van der Waals surface area contributed by atoms with E-state index in [4.69, 9.17) is 9.47 Å². The maximum Gasteiger partial charge on any atom is 0.335 e. The van der Waals surface area contributed by atoms with Crippen LogP contribution >= 0.6 is 0 Å². The molecule has 0 atom stereocenters. The zero-order chi connectivity index (χ0) is 23.1. The molecule has 32 heavy (non-hydrogen) atoms. The number of nitrogens with one attached hydrogen (secondary N) is 1. The number of carbonyl (C=O) groups is 1. The van der Waals surface area contributed by atoms with Crippen LogP contribution in [-0.2, 0) is 22.9 Å². The average Bonchev–Trinajstić information content (AvgIpc) is 2.79. The molecule has 0 unspecified atom stereocenters. The third-order valence-corrected chi connectivity index (χ3v) is 6.45. The number of methoxy groups -OCH3 is 2. The Labute approximate surface area is 187 Å². The minimum Gasteiger partial charge on any atom is -0.497 e. The van der Waals surface area contributed by atoms with Crippen molar-refractivity contribution in [3.63, 3.8) is 0 Å². The minimum atomic E-state index is -3.94. The van der Waals surface area contributed by atoms with Gasteiger partial charge in [-0.3, -0.25) is 4.72 Å². The second kappa shape index (κ2) is 10.2. The summed E-state index contributed by atoms with van der Waals surface area (Å²) < 4.78 is 39.2. The maximum atomic E-state index is 13.1. The number of anilines is 1. The van der Waals surface area contributed by atoms with Gasteiger partial charge >= 0.3 is 5.97 Å². The molecule has 0 aliphatic heterocycles. The fourth-order valence-corrected chi connectivity index (χ4v) is 4.73. The van der Waals surface area contributed by atoms with Gasteiger partial charge in [0.1, 0.15) is 16.4 Å². The Morgan fingerprint density at radius 1 is 0.906 bits per heavy atom. The molecular formula is C24H25NO6S. The smallest absolute Gasteiger partial charge is 0.335 e. The Bertz CT molecular complexity index is 1210. The summed E-state index contributed by atoms with van der Waals surface area (Å²) in [5.41, 5.74) is 2.31. The second-order valence-electron chi connectivity index (χ2n) is 7.10. The van der Waals surface area contributed by atoms with Crippen molar-refractivity contribution in [3.8, 4) is 11.5 Å². The summed E-state index contributed by atoms with van der Waals surface area (Å²) >= 11 is 0. The first-order chi connectivity index (χ1) is 15.4. The first-order valence-electron chi connectivity index (χ1n) is 9.99. The van der Waals surface area contributed by atoms with Crippen molar-refractivity contribution in [2.75, 3.05) is 18.9 Å². The van der Waals surface area contributed by atoms with Gasteiger partial charge in [0.2, 0.25) is 0 Å². The average molecular weight is 456 g/mol. The lowest BCUT2D eigenvalue weighted by Crippen LogP contribution is -2.15. The van der Waals surface area contributed by atoms with Crippen molar-refractivity contribution in [1.29, 1.82) is 0 Å². The van der Waals surface area contributed by atoms with E-state index in [1.54, 1.807) is 42.5 Å². The summed E-state index contributed by atoms with van der Waals surface area (Å²) in [4.78, 5) is 11.4. The number of rotatable bonds is 10. The Kier molecular flexibility index (Phi) is 7.37. The van der Waals surface area contributed by atoms with Crippen molar-refractivity contribution >= 4 is 21.7 Å². The van der Waals surface area contributed by atoms with Crippen molar-refractivity contribution in [3.05, 3.63) is 83.4 Å². The van der Waals surface area contributed by atoms with Gasteiger partial charge in [-0.25, -0.2) is 13.2 Å². The summed E-state index contributed by atoms with van der Waals surface area (Å²) in [5.74, 6) is -0.349. The lowest BCUT2D eigenvalue weighted by Gasteiger charge is -2.15. The number of para-hydroxylation sites is 1. The van der Waals surface area contributed by atoms with Gasteiger partial charge in [0.15, 0.2) is 0 Å². The Hall–Kier alpha value is -3.52. The standard InChI is InChI=1S/C24H25NO6S/c1-30-19-14-15-22(31-2)23(16-19)32(28,29)25-21-13-6-4-9-18(21)11-7-10-17-8-3-5-12-20(17)24(26)27/h3-6,8-9,12-16,25H,7,10-11H2,1-2H3,(H,26,27). The zero-order valence-corrected chi connectivity index (χ0v) is 18.7. The first kappa shape index (κ1) is 23.1. The van der Waals surface area contributed by atoms with E-state index in [9.17, 15) is 18.3 Å². The van der Waals surface area contributed by atoms with Crippen LogP contribution in [0.3, 0.4) is 0 Å². The fourth-order valence-electron chi connectivity index (χ4n) is 3.45. The van der Waals surface area contributed by atoms with E-state index in [1.807, 2.05) is 18.2 Å². The van der Waals surface area contributed by atoms with Gasteiger partial charge in [-0.15, -0.1) is 0 Å². The number of carboxylic acid groups (broad SMARTS) is 1. The molecule has 8 heteroatoms. The van der Waals surface area contributed by atoms with Gasteiger partial charge in [0, 0.05) is 6.07 Å². The Balaban J connectivity index is 1.80. The number of ether oxygens (including phenoxy) is 2. The van der Waals surface area contributed by atoms with E-state index >= 15 is 0 Å². The molecule has 168 valence electrons. The van der Waals surface area contributed by atoms with E-state index in [2.05, 4.69) is 4.72 Å². The van der Waals surface area contributed by atoms with Crippen LogP contribution in [0.2, 0.25) is 0 Å². The first-order valence-corrected chi connectivity index (χ1v) is 11.5. The molecule has 3 aromatic carbocycles. The molecule has 0 fully saturated rings. The fraction of sp³-hybridized carbons (Fsp3) is 0.208. The second-order valence-corrected chi connectivity index (χ2v) is 8.75. The monoisotopic (exact) mass is 455 g/mol. The number of hydrogen-bond acceptors (Lipinski definition) is 5. The van der Waals surface area contributed by atoms with Crippen molar-refractivity contribution in [2.45, 2.75) is 24.2 Å². The summed E-state index contributed by atoms with van der Waals surface area (Å²) in [6.45, 7) is 0. The largest absolute Gasteiger partial charge is 0.497 e. The predicted molar refractivity (Wildman–Crippen MR) is 122 cm³/mol. The van der Waals surface area contributed by atoms with Gasteiger partial charge in [-0.05, 0) is 54.7 Å². The van der Waals surface area contributed by atoms with E-state index < -0.39 is 16.0 Å². The highest BCUT2D eigenvalue weighted by atomic mass is 32.2. The van der Waals surface area contributed by atoms with Crippen LogP contribution in [-0.4, -0.2) is 33.7 Å². The molecule has 0 aliphatic carbocycles. The highest BCUT2D eigenvalue weighted by Gasteiger charge is 2.22. The van der Waals surface area contributed by atoms with Gasteiger partial charge in [-0.1, -0.05) is 36.4 Å². The molecule has 0 saturated carbocycles. The number of aryl methyl sites for hydroxylation is 2. The number of hydrogen-bond donors (Lipinski definition) is 2. The van der Waals surface area contributed by atoms with Crippen LogP contribution in [0.4, 0.5) is 5.69 Å². The number of carboxylic acids is 1. The quantitative estimate of drug-likeness (QED) is 0.470. The van der Waals surface area contributed by atoms with Gasteiger partial charge in [-0.2, -0.15) is 0 Å². The molecule has 0 amide bonds. The molecule has 3 aromatic rings. The van der Waals surface area contributed by atoms with E-state index in [0.29, 0.717) is 30.7 Å². The van der Waals surface area contributed by atoms with Crippen LogP contribution < -0.4 is 14.2 Å². The van der Waals surface area contributed by atoms with Crippen molar-refractivity contribution < 1.29 is 27.8 Å². The van der Waals surface area contributed by atoms with Crippen LogP contribution in [0.5, 0.6) is 11.5 Å². The highest BCUT2D eigenvalue weighted by molar-refractivity contribution is 7.92. The molecule has 0 aliphatic rings. The normalized spacial score (nSPS) is 11.1. The minimum absolute atomic E-state index is 0.0236. The molecule has 0 radical (unpaired) electrons. The Morgan fingerprint density at radius 3 is 2.25 bits per heavy atom. The molecule has 0 heterocycles. The molecule has 0 saturated heterocycles. The van der Waals surface area contributed by atoms with Gasteiger partial charge in [0.25, 0.3) is 10.0 Å². The summed E-state index contributed by atoms with van der Waals surface area (Å²) in [6, 6.07) is 18.6. The predicted octanol–water partition coefficient (Wildman–Crippen LogP) is 4.38. The summed E-state index contributed by atoms with van der Waals surface area (Å²) in [5, 5.41) is 9.35. The van der Waals surface area contributed by atoms with Crippen LogP contribution in [0, 0.1) is 0 Å². The van der Waals surface area contributed by atoms with E-state index in [-0.39, 0.29) is 16.2 Å². The van der Waals surface area contributed by atoms with Crippen molar-refractivity contribution in [2.24, 2.45) is 0 Å². The summed E-state index contributed by atoms with van der Waals surface area (Å²) in [6.07, 6.45) is 1.79. The molecule has 0 bridgehead atoms. The topological polar surface area (TPSA) is 102 Å². The third kappa shape index (κ3) is 5.39. The van der Waals surface area contributed by atoms with Crippen molar-refractivity contribution in [1.82, 2.24) is 0 Å². The van der Waals surface area contributed by atoms with E-state index in [0.717, 1.165) is 11.1 Å². The molecule has 0 spiro atoms. The molecule has 0 aromatic heterocycles. The maximum absolute atomic E-state index is 13.1. The number of benzene rings is 3. The Morgan fingerprint density at radius 2 is 1.56 bits per heavy atom. The lowest BCUT2D eigenvalue weighted by molar-refractivity contribution is 0.0695. The molecule has 2 N–H and O–H groups in total. The number of sulfonamides is 1. The third-order valence-electron chi connectivity index (χ3n) is 5.06. The highest BCUT2D eigenvalue weighted by Crippen LogP contribution is 2.30. The van der Waals surface area contributed by atoms with Crippen LogP contribution in [0.25, 0.3) is 0 Å². The van der Waals surface area contributed by atoms with Gasteiger partial charge < -0.3 is 14.6 Å². The lowest BCUT2D eigenvalue weighted by atomic mass is 9.99. The van der Waals surface area contributed by atoms with Gasteiger partial charge in [0.05, 0.1) is 25.5 Å². The molecular weight excluding hydrogens is 430 g/mol. The zero-order valence-electron chi connectivity index (χ0n) is 17.9. The molecule has 7 nitrogen and oxygen atoms in total. The molecule has 3 rings (SSSR count). The van der Waals surface area contributed by atoms with Crippen LogP contribution in [0.1, 0.15) is 27.9 Å². The van der Waals surface area contributed by atoms with Crippen LogP contribution in [0.15, 0.2) is 71.6 Å². The van der Waals surface area contributed by atoms with E-state index in [1.165, 1.54) is 20.3 Å².